The lowest BCUT2D eigenvalue weighted by atomic mass is 9.87. The maximum absolute atomic E-state index is 12.7. The molecule has 1 N–H and O–H groups in total. The standard InChI is InChI=1S/C21H26N2O3S/c1-14-5-7-17(26-14)13-22-20(24)15-6-8-18-16(11-15)12-19(27-18)21(25)23-9-3-2-4-10-23/h5,7,12,15H,2-4,6,8-11,13H2,1H3,(H,22,24)/t15-/m0/s1. The summed E-state index contributed by atoms with van der Waals surface area (Å²) in [6.45, 7) is 4.07. The number of carbonyl (C=O) groups is 2. The van der Waals surface area contributed by atoms with E-state index < -0.39 is 0 Å². The van der Waals surface area contributed by atoms with Crippen molar-refractivity contribution in [1.82, 2.24) is 10.2 Å². The molecule has 5 nitrogen and oxygen atoms in total. The first-order valence-electron chi connectivity index (χ1n) is 9.84. The van der Waals surface area contributed by atoms with Gasteiger partial charge < -0.3 is 14.6 Å². The van der Waals surface area contributed by atoms with Crippen molar-refractivity contribution in [2.45, 2.75) is 52.0 Å². The van der Waals surface area contributed by atoms with Gasteiger partial charge in [-0.2, -0.15) is 0 Å². The van der Waals surface area contributed by atoms with Crippen LogP contribution in [0.1, 0.15) is 57.3 Å². The highest BCUT2D eigenvalue weighted by molar-refractivity contribution is 7.14. The van der Waals surface area contributed by atoms with Crippen LogP contribution < -0.4 is 5.32 Å². The van der Waals surface area contributed by atoms with E-state index in [4.69, 9.17) is 4.42 Å². The van der Waals surface area contributed by atoms with Gasteiger partial charge in [-0.3, -0.25) is 9.59 Å². The van der Waals surface area contributed by atoms with E-state index >= 15 is 0 Å². The molecule has 1 aliphatic carbocycles. The predicted molar refractivity (Wildman–Crippen MR) is 105 cm³/mol. The minimum absolute atomic E-state index is 0.0268. The lowest BCUT2D eigenvalue weighted by Gasteiger charge is -2.26. The Hall–Kier alpha value is -2.08. The fourth-order valence-corrected chi connectivity index (χ4v) is 5.18. The summed E-state index contributed by atoms with van der Waals surface area (Å²) in [6.07, 6.45) is 5.88. The molecule has 0 radical (unpaired) electrons. The second-order valence-electron chi connectivity index (χ2n) is 7.58. The monoisotopic (exact) mass is 386 g/mol. The lowest BCUT2D eigenvalue weighted by Crippen LogP contribution is -2.35. The van der Waals surface area contributed by atoms with Gasteiger partial charge in [0.2, 0.25) is 5.91 Å². The molecule has 0 saturated carbocycles. The fourth-order valence-electron chi connectivity index (χ4n) is 4.00. The van der Waals surface area contributed by atoms with Crippen molar-refractivity contribution in [1.29, 1.82) is 0 Å². The third-order valence-corrected chi connectivity index (χ3v) is 6.77. The van der Waals surface area contributed by atoms with Crippen LogP contribution in [0.4, 0.5) is 0 Å². The molecule has 1 saturated heterocycles. The minimum Gasteiger partial charge on any atom is -0.465 e. The first kappa shape index (κ1) is 18.3. The maximum atomic E-state index is 12.7. The van der Waals surface area contributed by atoms with Crippen LogP contribution in [0.15, 0.2) is 22.6 Å². The molecular weight excluding hydrogens is 360 g/mol. The Balaban J connectivity index is 1.37. The molecule has 2 aromatic rings. The van der Waals surface area contributed by atoms with Crippen molar-refractivity contribution in [3.8, 4) is 0 Å². The zero-order valence-corrected chi connectivity index (χ0v) is 16.6. The van der Waals surface area contributed by atoms with Crippen LogP contribution >= 0.6 is 11.3 Å². The minimum atomic E-state index is -0.0268. The molecule has 6 heteroatoms. The number of amides is 2. The molecule has 0 aromatic carbocycles. The number of aryl methyl sites for hydroxylation is 2. The zero-order valence-electron chi connectivity index (χ0n) is 15.8. The van der Waals surface area contributed by atoms with E-state index in [0.29, 0.717) is 6.54 Å². The quantitative estimate of drug-likeness (QED) is 0.872. The van der Waals surface area contributed by atoms with Gasteiger partial charge in [0.25, 0.3) is 5.91 Å². The number of carbonyl (C=O) groups excluding carboxylic acids is 2. The maximum Gasteiger partial charge on any atom is 0.263 e. The summed E-state index contributed by atoms with van der Waals surface area (Å²) in [7, 11) is 0. The molecule has 0 unspecified atom stereocenters. The summed E-state index contributed by atoms with van der Waals surface area (Å²) in [5, 5.41) is 2.99. The van der Waals surface area contributed by atoms with E-state index in [1.54, 1.807) is 11.3 Å². The van der Waals surface area contributed by atoms with Gasteiger partial charge in [0, 0.05) is 23.9 Å². The Bertz CT molecular complexity index is 832. The number of likely N-dealkylation sites (tertiary alicyclic amines) is 1. The van der Waals surface area contributed by atoms with Crippen LogP contribution in [0, 0.1) is 12.8 Å². The zero-order chi connectivity index (χ0) is 18.8. The largest absolute Gasteiger partial charge is 0.465 e. The summed E-state index contributed by atoms with van der Waals surface area (Å²) in [5.41, 5.74) is 1.18. The van der Waals surface area contributed by atoms with Crippen molar-refractivity contribution in [2.24, 2.45) is 5.92 Å². The molecule has 2 amide bonds. The number of piperidine rings is 1. The molecule has 27 heavy (non-hydrogen) atoms. The van der Waals surface area contributed by atoms with E-state index in [9.17, 15) is 9.59 Å². The van der Waals surface area contributed by atoms with Crippen LogP contribution in [-0.2, 0) is 24.2 Å². The van der Waals surface area contributed by atoms with E-state index in [2.05, 4.69) is 5.32 Å². The number of hydrogen-bond acceptors (Lipinski definition) is 4. The van der Waals surface area contributed by atoms with Crippen molar-refractivity contribution in [3.05, 3.63) is 45.0 Å². The molecular formula is C21H26N2O3S. The number of hydrogen-bond donors (Lipinski definition) is 1. The Morgan fingerprint density at radius 1 is 1.26 bits per heavy atom. The first-order chi connectivity index (χ1) is 13.1. The third kappa shape index (κ3) is 4.10. The van der Waals surface area contributed by atoms with E-state index in [1.807, 2.05) is 30.0 Å². The highest BCUT2D eigenvalue weighted by Gasteiger charge is 2.28. The summed E-state index contributed by atoms with van der Waals surface area (Å²) in [6, 6.07) is 5.83. The summed E-state index contributed by atoms with van der Waals surface area (Å²) in [4.78, 5) is 29.4. The Labute approximate surface area is 163 Å². The molecule has 2 aromatic heterocycles. The molecule has 4 rings (SSSR count). The Morgan fingerprint density at radius 3 is 2.81 bits per heavy atom. The van der Waals surface area contributed by atoms with Crippen molar-refractivity contribution >= 4 is 23.2 Å². The second kappa shape index (κ2) is 7.89. The van der Waals surface area contributed by atoms with Crippen molar-refractivity contribution in [3.63, 3.8) is 0 Å². The number of nitrogens with zero attached hydrogens (tertiary/aromatic N) is 1. The summed E-state index contributed by atoms with van der Waals surface area (Å²) < 4.78 is 5.51. The summed E-state index contributed by atoms with van der Waals surface area (Å²) in [5.74, 6) is 1.85. The van der Waals surface area contributed by atoms with Crippen LogP contribution in [-0.4, -0.2) is 29.8 Å². The second-order valence-corrected chi connectivity index (χ2v) is 8.72. The Kier molecular flexibility index (Phi) is 5.34. The number of rotatable bonds is 4. The van der Waals surface area contributed by atoms with Crippen LogP contribution in [0.2, 0.25) is 0 Å². The molecule has 144 valence electrons. The van der Waals surface area contributed by atoms with Crippen LogP contribution in [0.5, 0.6) is 0 Å². The van der Waals surface area contributed by atoms with Crippen LogP contribution in [0.3, 0.4) is 0 Å². The average molecular weight is 387 g/mol. The third-order valence-electron chi connectivity index (χ3n) is 5.54. The highest BCUT2D eigenvalue weighted by atomic mass is 32.1. The number of fused-ring (bicyclic) bond motifs is 1. The lowest BCUT2D eigenvalue weighted by molar-refractivity contribution is -0.125. The molecule has 1 fully saturated rings. The van der Waals surface area contributed by atoms with Gasteiger partial charge >= 0.3 is 0 Å². The smallest absolute Gasteiger partial charge is 0.263 e. The SMILES string of the molecule is Cc1ccc(CNC(=O)[C@H]2CCc3sc(C(=O)N4CCCCC4)cc3C2)o1. The average Bonchev–Trinajstić information content (AvgIpc) is 3.31. The molecule has 0 spiro atoms. The Morgan fingerprint density at radius 2 is 2.07 bits per heavy atom. The molecule has 2 aliphatic rings. The molecule has 1 atom stereocenters. The number of nitrogens with one attached hydrogen (secondary N) is 1. The van der Waals surface area contributed by atoms with Crippen molar-refractivity contribution < 1.29 is 14.0 Å². The van der Waals surface area contributed by atoms with Gasteiger partial charge in [-0.25, -0.2) is 0 Å². The van der Waals surface area contributed by atoms with Gasteiger partial charge in [0.05, 0.1) is 11.4 Å². The van der Waals surface area contributed by atoms with E-state index in [-0.39, 0.29) is 17.7 Å². The highest BCUT2D eigenvalue weighted by Crippen LogP contribution is 2.33. The molecule has 1 aliphatic heterocycles. The van der Waals surface area contributed by atoms with Gasteiger partial charge in [0.1, 0.15) is 11.5 Å². The van der Waals surface area contributed by atoms with Crippen molar-refractivity contribution in [2.75, 3.05) is 13.1 Å². The molecule has 3 heterocycles. The number of furan rings is 1. The normalized spacial score (nSPS) is 19.6. The first-order valence-corrected chi connectivity index (χ1v) is 10.7. The van der Waals surface area contributed by atoms with Gasteiger partial charge in [-0.15, -0.1) is 11.3 Å². The van der Waals surface area contributed by atoms with Crippen LogP contribution in [0.25, 0.3) is 0 Å². The van der Waals surface area contributed by atoms with E-state index in [0.717, 1.165) is 61.6 Å². The number of thiophene rings is 1. The van der Waals surface area contributed by atoms with E-state index in [1.165, 1.54) is 16.9 Å². The predicted octanol–water partition coefficient (Wildman–Crippen LogP) is 3.70. The van der Waals surface area contributed by atoms with Gasteiger partial charge in [-0.05, 0) is 69.2 Å². The topological polar surface area (TPSA) is 62.6 Å². The van der Waals surface area contributed by atoms with Gasteiger partial charge in [0.15, 0.2) is 0 Å². The fraction of sp³-hybridized carbons (Fsp3) is 0.524. The van der Waals surface area contributed by atoms with Gasteiger partial charge in [-0.1, -0.05) is 0 Å². The molecule has 0 bridgehead atoms. The summed E-state index contributed by atoms with van der Waals surface area (Å²) >= 11 is 1.63.